The zero-order chi connectivity index (χ0) is 11.9. The molecule has 4 heteroatoms. The molecule has 1 heterocycles. The van der Waals surface area contributed by atoms with Crippen LogP contribution in [0.3, 0.4) is 0 Å². The molecule has 0 aliphatic carbocycles. The Hall–Kier alpha value is -1.00. The van der Waals surface area contributed by atoms with E-state index in [0.717, 1.165) is 31.9 Å². The molecule has 1 saturated heterocycles. The molecule has 0 aromatic heterocycles. The summed E-state index contributed by atoms with van der Waals surface area (Å²) < 4.78 is 0. The Morgan fingerprint density at radius 2 is 2.06 bits per heavy atom. The first kappa shape index (κ1) is 12.5. The number of hydrogen-bond acceptors (Lipinski definition) is 3. The fourth-order valence-corrected chi connectivity index (χ4v) is 2.78. The zero-order valence-corrected chi connectivity index (χ0v) is 10.7. The first-order valence-electron chi connectivity index (χ1n) is 6.01. The molecule has 92 valence electrons. The van der Waals surface area contributed by atoms with Gasteiger partial charge in [-0.2, -0.15) is 0 Å². The van der Waals surface area contributed by atoms with Crippen LogP contribution in [0.25, 0.3) is 0 Å². The van der Waals surface area contributed by atoms with Crippen molar-refractivity contribution in [1.82, 2.24) is 10.2 Å². The summed E-state index contributed by atoms with van der Waals surface area (Å²) in [7, 11) is 0. The Balaban J connectivity index is 1.69. The quantitative estimate of drug-likeness (QED) is 0.824. The van der Waals surface area contributed by atoms with Crippen molar-refractivity contribution in [1.29, 1.82) is 0 Å². The summed E-state index contributed by atoms with van der Waals surface area (Å²) in [4.78, 5) is 14.9. The molecule has 17 heavy (non-hydrogen) atoms. The summed E-state index contributed by atoms with van der Waals surface area (Å²) in [6.45, 7) is 3.70. The molecule has 1 fully saturated rings. The van der Waals surface area contributed by atoms with E-state index in [0.29, 0.717) is 6.42 Å². The molecule has 0 radical (unpaired) electrons. The standard InChI is InChI=1S/C13H18N2OS/c16-13-6-8-15(9-7-14-13)10-11-17-12-4-2-1-3-5-12/h1-5H,6-11H2,(H,14,16). The summed E-state index contributed by atoms with van der Waals surface area (Å²) in [5.41, 5.74) is 0. The predicted octanol–water partition coefficient (Wildman–Crippen LogP) is 1.60. The maximum atomic E-state index is 11.2. The maximum absolute atomic E-state index is 11.2. The molecule has 1 aliphatic heterocycles. The van der Waals surface area contributed by atoms with Gasteiger partial charge in [0.2, 0.25) is 5.91 Å². The number of carbonyl (C=O) groups excluding carboxylic acids is 1. The van der Waals surface area contributed by atoms with E-state index in [-0.39, 0.29) is 5.91 Å². The number of thioether (sulfide) groups is 1. The third-order valence-electron chi connectivity index (χ3n) is 2.82. The highest BCUT2D eigenvalue weighted by molar-refractivity contribution is 7.99. The molecule has 0 atom stereocenters. The Bertz CT molecular complexity index is 356. The molecule has 1 aliphatic rings. The molecule has 3 nitrogen and oxygen atoms in total. The molecule has 1 aromatic rings. The zero-order valence-electron chi connectivity index (χ0n) is 9.89. The number of hydrogen-bond donors (Lipinski definition) is 1. The second-order valence-electron chi connectivity index (χ2n) is 4.10. The van der Waals surface area contributed by atoms with Crippen LogP contribution in [0.5, 0.6) is 0 Å². The lowest BCUT2D eigenvalue weighted by Gasteiger charge is -2.18. The molecule has 1 aromatic carbocycles. The molecule has 1 amide bonds. The van der Waals surface area contributed by atoms with Crippen LogP contribution in [0.15, 0.2) is 35.2 Å². The fraction of sp³-hybridized carbons (Fsp3) is 0.462. The summed E-state index contributed by atoms with van der Waals surface area (Å²) in [5.74, 6) is 1.27. The Kier molecular flexibility index (Phi) is 4.88. The van der Waals surface area contributed by atoms with Gasteiger partial charge in [0, 0.05) is 43.2 Å². The van der Waals surface area contributed by atoms with Crippen molar-refractivity contribution in [2.24, 2.45) is 0 Å². The highest BCUT2D eigenvalue weighted by Gasteiger charge is 2.12. The SMILES string of the molecule is O=C1CCN(CCSc2ccccc2)CCN1. The van der Waals surface area contributed by atoms with Gasteiger partial charge in [-0.25, -0.2) is 0 Å². The van der Waals surface area contributed by atoms with Gasteiger partial charge in [0.05, 0.1) is 0 Å². The second kappa shape index (κ2) is 6.67. The van der Waals surface area contributed by atoms with E-state index >= 15 is 0 Å². The Labute approximate surface area is 107 Å². The van der Waals surface area contributed by atoms with Crippen molar-refractivity contribution < 1.29 is 4.79 Å². The van der Waals surface area contributed by atoms with Crippen molar-refractivity contribution >= 4 is 17.7 Å². The van der Waals surface area contributed by atoms with Crippen LogP contribution in [0.2, 0.25) is 0 Å². The van der Waals surface area contributed by atoms with Crippen LogP contribution < -0.4 is 5.32 Å². The summed E-state index contributed by atoms with van der Waals surface area (Å²) in [5, 5.41) is 2.90. The molecule has 0 unspecified atom stereocenters. The lowest BCUT2D eigenvalue weighted by molar-refractivity contribution is -0.120. The van der Waals surface area contributed by atoms with Crippen molar-refractivity contribution in [3.8, 4) is 0 Å². The van der Waals surface area contributed by atoms with Gasteiger partial charge in [-0.05, 0) is 12.1 Å². The average molecular weight is 250 g/mol. The predicted molar refractivity (Wildman–Crippen MR) is 71.2 cm³/mol. The van der Waals surface area contributed by atoms with Gasteiger partial charge in [0.15, 0.2) is 0 Å². The van der Waals surface area contributed by atoms with E-state index < -0.39 is 0 Å². The number of nitrogens with one attached hydrogen (secondary N) is 1. The third kappa shape index (κ3) is 4.40. The van der Waals surface area contributed by atoms with Crippen LogP contribution in [0.1, 0.15) is 6.42 Å². The van der Waals surface area contributed by atoms with Gasteiger partial charge in [-0.15, -0.1) is 11.8 Å². The topological polar surface area (TPSA) is 32.3 Å². The van der Waals surface area contributed by atoms with E-state index in [2.05, 4.69) is 34.5 Å². The van der Waals surface area contributed by atoms with Gasteiger partial charge in [-0.3, -0.25) is 4.79 Å². The van der Waals surface area contributed by atoms with E-state index in [4.69, 9.17) is 0 Å². The van der Waals surface area contributed by atoms with Crippen molar-refractivity contribution in [3.05, 3.63) is 30.3 Å². The monoisotopic (exact) mass is 250 g/mol. The summed E-state index contributed by atoms with van der Waals surface area (Å²) >= 11 is 1.87. The third-order valence-corrected chi connectivity index (χ3v) is 3.82. The maximum Gasteiger partial charge on any atom is 0.221 e. The molecule has 0 bridgehead atoms. The number of carbonyl (C=O) groups is 1. The minimum atomic E-state index is 0.184. The molecular weight excluding hydrogens is 232 g/mol. The van der Waals surface area contributed by atoms with Crippen LogP contribution >= 0.6 is 11.8 Å². The first-order valence-corrected chi connectivity index (χ1v) is 7.00. The van der Waals surface area contributed by atoms with Crippen molar-refractivity contribution in [2.45, 2.75) is 11.3 Å². The molecule has 0 spiro atoms. The lowest BCUT2D eigenvalue weighted by atomic mass is 10.4. The van der Waals surface area contributed by atoms with Gasteiger partial charge in [-0.1, -0.05) is 18.2 Å². The summed E-state index contributed by atoms with van der Waals surface area (Å²) in [6.07, 6.45) is 0.635. The fourth-order valence-electron chi connectivity index (χ4n) is 1.85. The number of amides is 1. The molecule has 1 N–H and O–H groups in total. The number of benzene rings is 1. The average Bonchev–Trinajstić information content (AvgIpc) is 2.56. The second-order valence-corrected chi connectivity index (χ2v) is 5.27. The van der Waals surface area contributed by atoms with Crippen LogP contribution in [0, 0.1) is 0 Å². The Morgan fingerprint density at radius 3 is 2.88 bits per heavy atom. The molecule has 2 rings (SSSR count). The van der Waals surface area contributed by atoms with E-state index in [1.165, 1.54) is 4.90 Å². The minimum Gasteiger partial charge on any atom is -0.355 e. The van der Waals surface area contributed by atoms with E-state index in [9.17, 15) is 4.79 Å². The largest absolute Gasteiger partial charge is 0.355 e. The van der Waals surface area contributed by atoms with E-state index in [1.54, 1.807) is 0 Å². The van der Waals surface area contributed by atoms with E-state index in [1.807, 2.05) is 17.8 Å². The summed E-state index contributed by atoms with van der Waals surface area (Å²) in [6, 6.07) is 10.4. The highest BCUT2D eigenvalue weighted by atomic mass is 32.2. The van der Waals surface area contributed by atoms with Gasteiger partial charge >= 0.3 is 0 Å². The Morgan fingerprint density at radius 1 is 1.24 bits per heavy atom. The van der Waals surface area contributed by atoms with Gasteiger partial charge in [0.1, 0.15) is 0 Å². The number of rotatable bonds is 4. The first-order chi connectivity index (χ1) is 8.34. The molecule has 0 saturated carbocycles. The van der Waals surface area contributed by atoms with Crippen molar-refractivity contribution in [3.63, 3.8) is 0 Å². The minimum absolute atomic E-state index is 0.184. The normalized spacial score (nSPS) is 17.5. The molecular formula is C13H18N2OS. The van der Waals surface area contributed by atoms with Crippen LogP contribution in [-0.4, -0.2) is 42.7 Å². The lowest BCUT2D eigenvalue weighted by Crippen LogP contribution is -2.30. The van der Waals surface area contributed by atoms with Gasteiger partial charge < -0.3 is 10.2 Å². The van der Waals surface area contributed by atoms with Gasteiger partial charge in [0.25, 0.3) is 0 Å². The smallest absolute Gasteiger partial charge is 0.221 e. The van der Waals surface area contributed by atoms with Crippen LogP contribution in [-0.2, 0) is 4.79 Å². The van der Waals surface area contributed by atoms with Crippen molar-refractivity contribution in [2.75, 3.05) is 31.9 Å². The highest BCUT2D eigenvalue weighted by Crippen LogP contribution is 2.16. The van der Waals surface area contributed by atoms with Crippen LogP contribution in [0.4, 0.5) is 0 Å². The number of nitrogens with zero attached hydrogens (tertiary/aromatic N) is 1.